The maximum Gasteiger partial charge on any atom is 0.328 e. The Balaban J connectivity index is 1.60. The summed E-state index contributed by atoms with van der Waals surface area (Å²) < 4.78 is 0. The average molecular weight is 393 g/mol. The van der Waals surface area contributed by atoms with Gasteiger partial charge in [-0.25, -0.2) is 9.79 Å². The first-order valence-electron chi connectivity index (χ1n) is 9.57. The number of aliphatic imine (C=N–C) groups is 1. The van der Waals surface area contributed by atoms with E-state index in [2.05, 4.69) is 10.3 Å². The zero-order chi connectivity index (χ0) is 20.7. The molecule has 3 unspecified atom stereocenters. The van der Waals surface area contributed by atoms with Crippen molar-refractivity contribution in [2.45, 2.75) is 31.6 Å². The van der Waals surface area contributed by atoms with Gasteiger partial charge in [-0.05, 0) is 17.9 Å². The van der Waals surface area contributed by atoms with Crippen molar-refractivity contribution in [2.24, 2.45) is 4.99 Å². The molecule has 2 aromatic carbocycles. The predicted molar refractivity (Wildman–Crippen MR) is 110 cm³/mol. The lowest BCUT2D eigenvalue weighted by Gasteiger charge is -2.41. The van der Waals surface area contributed by atoms with Gasteiger partial charge >= 0.3 is 6.03 Å². The monoisotopic (exact) mass is 393 g/mol. The van der Waals surface area contributed by atoms with Crippen LogP contribution in [0.4, 0.5) is 10.5 Å². The number of carbonyl (C=O) groups excluding carboxylic acids is 3. The van der Waals surface area contributed by atoms with Crippen LogP contribution in [0.15, 0.2) is 47.5 Å². The number of imide groups is 1. The molecule has 0 bridgehead atoms. The fraction of sp³-hybridized carbons (Fsp3) is 0.333. The van der Waals surface area contributed by atoms with Crippen molar-refractivity contribution in [1.29, 1.82) is 0 Å². The molecule has 4 rings (SSSR count). The molecule has 8 nitrogen and oxygen atoms in total. The third kappa shape index (κ3) is 3.00. The van der Waals surface area contributed by atoms with Crippen molar-refractivity contribution in [2.75, 3.05) is 19.4 Å². The second-order valence-electron chi connectivity index (χ2n) is 7.30. The van der Waals surface area contributed by atoms with Gasteiger partial charge in [0.2, 0.25) is 5.91 Å². The Bertz CT molecular complexity index is 1020. The Labute approximate surface area is 168 Å². The van der Waals surface area contributed by atoms with E-state index < -0.39 is 24.3 Å². The summed E-state index contributed by atoms with van der Waals surface area (Å²) in [5.41, 5.74) is 0.721. The van der Waals surface area contributed by atoms with Crippen molar-refractivity contribution in [3.05, 3.63) is 42.5 Å². The van der Waals surface area contributed by atoms with Gasteiger partial charge in [-0.2, -0.15) is 0 Å². The Morgan fingerprint density at radius 2 is 1.86 bits per heavy atom. The molecule has 0 aromatic heterocycles. The minimum absolute atomic E-state index is 0.217. The zero-order valence-corrected chi connectivity index (χ0v) is 16.6. The molecule has 1 N–H and O–H groups in total. The number of hydrogen-bond donors (Lipinski definition) is 1. The van der Waals surface area contributed by atoms with Gasteiger partial charge in [0.05, 0.1) is 6.34 Å². The van der Waals surface area contributed by atoms with Gasteiger partial charge in [-0.1, -0.05) is 43.3 Å². The van der Waals surface area contributed by atoms with E-state index >= 15 is 0 Å². The van der Waals surface area contributed by atoms with Crippen molar-refractivity contribution < 1.29 is 14.4 Å². The first kappa shape index (κ1) is 18.9. The molecule has 150 valence electrons. The molecular weight excluding hydrogens is 370 g/mol. The van der Waals surface area contributed by atoms with E-state index in [0.29, 0.717) is 6.42 Å². The lowest BCUT2D eigenvalue weighted by molar-refractivity contribution is -0.137. The molecule has 2 aliphatic heterocycles. The van der Waals surface area contributed by atoms with E-state index in [1.807, 2.05) is 49.4 Å². The number of nitrogens with zero attached hydrogens (tertiary/aromatic N) is 4. The Morgan fingerprint density at radius 1 is 1.14 bits per heavy atom. The first-order valence-corrected chi connectivity index (χ1v) is 9.57. The minimum atomic E-state index is -0.703. The Kier molecular flexibility index (Phi) is 4.70. The number of urea groups is 1. The number of rotatable bonds is 4. The highest BCUT2D eigenvalue weighted by atomic mass is 16.2. The average Bonchev–Trinajstić information content (AvgIpc) is 3.16. The van der Waals surface area contributed by atoms with Crippen molar-refractivity contribution in [1.82, 2.24) is 14.7 Å². The number of likely N-dealkylation sites (N-methyl/N-ethyl adjacent to an activating group) is 2. The van der Waals surface area contributed by atoms with E-state index in [9.17, 15) is 14.4 Å². The van der Waals surface area contributed by atoms with Gasteiger partial charge in [0, 0.05) is 25.2 Å². The van der Waals surface area contributed by atoms with Gasteiger partial charge in [-0.15, -0.1) is 0 Å². The molecule has 2 heterocycles. The quantitative estimate of drug-likeness (QED) is 0.862. The molecule has 4 amide bonds. The second kappa shape index (κ2) is 7.20. The SMILES string of the molecule is CCC(C(=O)Nc1cccc2ccccc12)N1C=NC2C1C(=O)N(C)C(=O)N2C. The van der Waals surface area contributed by atoms with E-state index in [1.165, 1.54) is 18.3 Å². The van der Waals surface area contributed by atoms with Crippen LogP contribution >= 0.6 is 0 Å². The van der Waals surface area contributed by atoms with Gasteiger partial charge in [0.15, 0.2) is 12.2 Å². The molecule has 2 aliphatic rings. The summed E-state index contributed by atoms with van der Waals surface area (Å²) in [5.74, 6) is -0.571. The summed E-state index contributed by atoms with van der Waals surface area (Å²) in [5, 5.41) is 4.99. The highest BCUT2D eigenvalue weighted by molar-refractivity contribution is 6.06. The lowest BCUT2D eigenvalue weighted by atomic mass is 10.0. The molecule has 8 heteroatoms. The fourth-order valence-electron chi connectivity index (χ4n) is 4.02. The normalized spacial score (nSPS) is 22.2. The van der Waals surface area contributed by atoms with Crippen LogP contribution in [0.3, 0.4) is 0 Å². The Morgan fingerprint density at radius 3 is 2.62 bits per heavy atom. The van der Waals surface area contributed by atoms with Crippen molar-refractivity contribution >= 4 is 40.6 Å². The highest BCUT2D eigenvalue weighted by Gasteiger charge is 2.50. The lowest BCUT2D eigenvalue weighted by Crippen LogP contribution is -2.65. The summed E-state index contributed by atoms with van der Waals surface area (Å²) in [6, 6.07) is 11.9. The Hall–Kier alpha value is -3.42. The third-order valence-corrected chi connectivity index (χ3v) is 5.62. The van der Waals surface area contributed by atoms with Crippen LogP contribution < -0.4 is 5.32 Å². The fourth-order valence-corrected chi connectivity index (χ4v) is 4.02. The van der Waals surface area contributed by atoms with E-state index in [4.69, 9.17) is 0 Å². The summed E-state index contributed by atoms with van der Waals surface area (Å²) >= 11 is 0. The van der Waals surface area contributed by atoms with Crippen LogP contribution in [0, 0.1) is 0 Å². The van der Waals surface area contributed by atoms with Crippen LogP contribution in [0.5, 0.6) is 0 Å². The molecule has 1 saturated heterocycles. The smallest absolute Gasteiger partial charge is 0.328 e. The molecule has 0 spiro atoms. The predicted octanol–water partition coefficient (Wildman–Crippen LogP) is 2.12. The molecular formula is C21H23N5O3. The molecule has 0 aliphatic carbocycles. The molecule has 3 atom stereocenters. The number of amides is 4. The van der Waals surface area contributed by atoms with Crippen molar-refractivity contribution in [3.8, 4) is 0 Å². The second-order valence-corrected chi connectivity index (χ2v) is 7.30. The largest absolute Gasteiger partial charge is 0.335 e. The van der Waals surface area contributed by atoms with Crippen LogP contribution in [-0.4, -0.2) is 71.2 Å². The van der Waals surface area contributed by atoms with Gasteiger partial charge < -0.3 is 15.1 Å². The molecule has 2 aromatic rings. The highest BCUT2D eigenvalue weighted by Crippen LogP contribution is 2.28. The maximum atomic E-state index is 13.2. The summed E-state index contributed by atoms with van der Waals surface area (Å²) in [4.78, 5) is 46.6. The zero-order valence-electron chi connectivity index (χ0n) is 16.6. The molecule has 0 radical (unpaired) electrons. The van der Waals surface area contributed by atoms with Crippen LogP contribution in [-0.2, 0) is 9.59 Å². The standard InChI is InChI=1S/C21H23N5O3/c1-4-16(19(27)23-15-11-7-9-13-8-5-6-10-14(13)15)26-12-22-18-17(26)20(28)25(3)21(29)24(18)2/h5-12,16-18H,4H2,1-3H3,(H,23,27). The molecule has 0 saturated carbocycles. The number of anilines is 1. The van der Waals surface area contributed by atoms with Gasteiger partial charge in [0.1, 0.15) is 6.04 Å². The minimum Gasteiger partial charge on any atom is -0.335 e. The first-order chi connectivity index (χ1) is 13.9. The number of fused-ring (bicyclic) bond motifs is 2. The molecule has 1 fully saturated rings. The van der Waals surface area contributed by atoms with Crippen LogP contribution in [0.25, 0.3) is 10.8 Å². The van der Waals surface area contributed by atoms with Crippen LogP contribution in [0.2, 0.25) is 0 Å². The van der Waals surface area contributed by atoms with E-state index in [1.54, 1.807) is 11.9 Å². The summed E-state index contributed by atoms with van der Waals surface area (Å²) in [6.07, 6.45) is 1.39. The number of nitrogens with one attached hydrogen (secondary N) is 1. The van der Waals surface area contributed by atoms with E-state index in [0.717, 1.165) is 21.4 Å². The number of benzene rings is 2. The molecule has 29 heavy (non-hydrogen) atoms. The number of hydrogen-bond acceptors (Lipinski definition) is 5. The maximum absolute atomic E-state index is 13.2. The third-order valence-electron chi connectivity index (χ3n) is 5.62. The van der Waals surface area contributed by atoms with Crippen molar-refractivity contribution in [3.63, 3.8) is 0 Å². The summed E-state index contributed by atoms with van der Waals surface area (Å²) in [6.45, 7) is 1.89. The number of carbonyl (C=O) groups is 3. The van der Waals surface area contributed by atoms with E-state index in [-0.39, 0.29) is 11.8 Å². The topological polar surface area (TPSA) is 85.3 Å². The van der Waals surface area contributed by atoms with Gasteiger partial charge in [0.25, 0.3) is 5.91 Å². The van der Waals surface area contributed by atoms with Crippen LogP contribution in [0.1, 0.15) is 13.3 Å². The van der Waals surface area contributed by atoms with Gasteiger partial charge in [-0.3, -0.25) is 14.5 Å². The summed E-state index contributed by atoms with van der Waals surface area (Å²) in [7, 11) is 3.06.